The molecule has 1 N–H and O–H groups in total. The fourth-order valence-corrected chi connectivity index (χ4v) is 2.26. The molecule has 0 heterocycles. The minimum atomic E-state index is -0.482. The molecule has 0 saturated heterocycles. The zero-order valence-electron chi connectivity index (χ0n) is 12.0. The van der Waals surface area contributed by atoms with Crippen LogP contribution in [0.1, 0.15) is 15.9 Å². The van der Waals surface area contributed by atoms with Crippen molar-refractivity contribution in [2.24, 2.45) is 5.10 Å². The summed E-state index contributed by atoms with van der Waals surface area (Å²) in [4.78, 5) is 22.0. The minimum absolute atomic E-state index is 0.00531. The number of nitrogens with zero attached hydrogens (tertiary/aromatic N) is 2. The van der Waals surface area contributed by atoms with E-state index < -0.39 is 4.92 Å². The number of nitro groups is 1. The van der Waals surface area contributed by atoms with E-state index in [1.165, 1.54) is 37.6 Å². The standard InChI is InChI=1S/C15H12BrN3O4/c1-23-14-7-4-11(8-13(14)16)15(20)18-17-9-10-2-5-12(6-3-10)19(21)22/h2-9H,1H3,(H,18,20)/b17-9+. The number of hydrogen-bond donors (Lipinski definition) is 1. The van der Waals surface area contributed by atoms with E-state index in [-0.39, 0.29) is 11.6 Å². The number of benzene rings is 2. The summed E-state index contributed by atoms with van der Waals surface area (Å²) < 4.78 is 5.75. The van der Waals surface area contributed by atoms with Crippen LogP contribution in [0.4, 0.5) is 5.69 Å². The van der Waals surface area contributed by atoms with Crippen LogP contribution in [0.2, 0.25) is 0 Å². The molecule has 0 saturated carbocycles. The lowest BCUT2D eigenvalue weighted by Crippen LogP contribution is -2.17. The molecule has 0 atom stereocenters. The molecule has 2 rings (SSSR count). The molecule has 0 aliphatic rings. The number of carbonyl (C=O) groups is 1. The van der Waals surface area contributed by atoms with E-state index in [2.05, 4.69) is 26.5 Å². The molecule has 2 aromatic carbocycles. The van der Waals surface area contributed by atoms with Crippen molar-refractivity contribution >= 4 is 33.7 Å². The van der Waals surface area contributed by atoms with Gasteiger partial charge in [0.1, 0.15) is 5.75 Å². The monoisotopic (exact) mass is 377 g/mol. The van der Waals surface area contributed by atoms with Gasteiger partial charge >= 0.3 is 0 Å². The second kappa shape index (κ2) is 7.50. The predicted octanol–water partition coefficient (Wildman–Crippen LogP) is 3.13. The van der Waals surface area contributed by atoms with Gasteiger partial charge in [-0.2, -0.15) is 5.10 Å². The van der Waals surface area contributed by atoms with Gasteiger partial charge in [0.05, 0.1) is 22.7 Å². The van der Waals surface area contributed by atoms with Crippen LogP contribution in [0.5, 0.6) is 5.75 Å². The normalized spacial score (nSPS) is 10.5. The van der Waals surface area contributed by atoms with Crippen molar-refractivity contribution in [1.29, 1.82) is 0 Å². The summed E-state index contributed by atoms with van der Waals surface area (Å²) in [7, 11) is 1.54. The largest absolute Gasteiger partial charge is 0.496 e. The van der Waals surface area contributed by atoms with Crippen molar-refractivity contribution in [3.8, 4) is 5.75 Å². The Labute approximate surface area is 140 Å². The summed E-state index contributed by atoms with van der Waals surface area (Å²) in [6, 6.07) is 10.7. The van der Waals surface area contributed by atoms with Crippen molar-refractivity contribution in [1.82, 2.24) is 5.43 Å². The molecule has 1 amide bonds. The first kappa shape index (κ1) is 16.6. The first-order valence-corrected chi connectivity index (χ1v) is 7.22. The lowest BCUT2D eigenvalue weighted by atomic mass is 10.2. The van der Waals surface area contributed by atoms with E-state index >= 15 is 0 Å². The van der Waals surface area contributed by atoms with E-state index in [1.807, 2.05) is 0 Å². The molecule has 0 spiro atoms. The third kappa shape index (κ3) is 4.36. The highest BCUT2D eigenvalue weighted by atomic mass is 79.9. The smallest absolute Gasteiger partial charge is 0.271 e. The van der Waals surface area contributed by atoms with Crippen LogP contribution < -0.4 is 10.2 Å². The molecule has 0 unspecified atom stereocenters. The Kier molecular flexibility index (Phi) is 5.42. The van der Waals surface area contributed by atoms with Gasteiger partial charge in [-0.1, -0.05) is 0 Å². The summed E-state index contributed by atoms with van der Waals surface area (Å²) >= 11 is 3.30. The molecular weight excluding hydrogens is 366 g/mol. The molecule has 7 nitrogen and oxygen atoms in total. The number of ether oxygens (including phenoxy) is 1. The third-order valence-corrected chi connectivity index (χ3v) is 3.52. The van der Waals surface area contributed by atoms with Gasteiger partial charge < -0.3 is 4.74 Å². The van der Waals surface area contributed by atoms with Gasteiger partial charge in [-0.25, -0.2) is 5.43 Å². The van der Waals surface area contributed by atoms with Gasteiger partial charge in [0, 0.05) is 17.7 Å². The van der Waals surface area contributed by atoms with E-state index in [9.17, 15) is 14.9 Å². The molecule has 23 heavy (non-hydrogen) atoms. The maximum Gasteiger partial charge on any atom is 0.271 e. The van der Waals surface area contributed by atoms with Gasteiger partial charge in [-0.3, -0.25) is 14.9 Å². The maximum atomic E-state index is 12.0. The lowest BCUT2D eigenvalue weighted by molar-refractivity contribution is -0.384. The number of hydrogen-bond acceptors (Lipinski definition) is 5. The van der Waals surface area contributed by atoms with Crippen LogP contribution in [0, 0.1) is 10.1 Å². The Balaban J connectivity index is 2.00. The third-order valence-electron chi connectivity index (χ3n) is 2.90. The Morgan fingerprint density at radius 3 is 2.57 bits per heavy atom. The fourth-order valence-electron chi connectivity index (χ4n) is 1.72. The first-order chi connectivity index (χ1) is 11.0. The average Bonchev–Trinajstić information content (AvgIpc) is 2.55. The summed E-state index contributed by atoms with van der Waals surface area (Å²) in [5, 5.41) is 14.4. The van der Waals surface area contributed by atoms with Crippen molar-refractivity contribution in [2.45, 2.75) is 0 Å². The predicted molar refractivity (Wildman–Crippen MR) is 88.9 cm³/mol. The van der Waals surface area contributed by atoms with Gasteiger partial charge in [0.2, 0.25) is 0 Å². The van der Waals surface area contributed by atoms with E-state index in [1.54, 1.807) is 18.2 Å². The highest BCUT2D eigenvalue weighted by Gasteiger charge is 2.08. The Morgan fingerprint density at radius 2 is 2.00 bits per heavy atom. The first-order valence-electron chi connectivity index (χ1n) is 6.42. The molecule has 0 radical (unpaired) electrons. The van der Waals surface area contributed by atoms with E-state index in [0.29, 0.717) is 21.3 Å². The molecule has 0 aliphatic heterocycles. The second-order valence-corrected chi connectivity index (χ2v) is 5.25. The van der Waals surface area contributed by atoms with Crippen molar-refractivity contribution in [3.63, 3.8) is 0 Å². The van der Waals surface area contributed by atoms with E-state index in [4.69, 9.17) is 4.74 Å². The average molecular weight is 378 g/mol. The van der Waals surface area contributed by atoms with Gasteiger partial charge in [0.25, 0.3) is 11.6 Å². The number of carbonyl (C=O) groups excluding carboxylic acids is 1. The van der Waals surface area contributed by atoms with Crippen LogP contribution in [-0.2, 0) is 0 Å². The number of nitro benzene ring substituents is 1. The number of halogens is 1. The van der Waals surface area contributed by atoms with Crippen molar-refractivity contribution < 1.29 is 14.5 Å². The lowest BCUT2D eigenvalue weighted by Gasteiger charge is -2.05. The number of rotatable bonds is 5. The topological polar surface area (TPSA) is 93.8 Å². The summed E-state index contributed by atoms with van der Waals surface area (Å²) in [6.07, 6.45) is 1.40. The summed E-state index contributed by atoms with van der Waals surface area (Å²) in [5.41, 5.74) is 3.43. The van der Waals surface area contributed by atoms with Crippen LogP contribution in [0.15, 0.2) is 52.0 Å². The quantitative estimate of drug-likeness (QED) is 0.491. The molecule has 0 fully saturated rings. The zero-order chi connectivity index (χ0) is 16.8. The zero-order valence-corrected chi connectivity index (χ0v) is 13.6. The van der Waals surface area contributed by atoms with Crippen LogP contribution in [0.3, 0.4) is 0 Å². The Morgan fingerprint density at radius 1 is 1.30 bits per heavy atom. The summed E-state index contributed by atoms with van der Waals surface area (Å²) in [6.45, 7) is 0. The highest BCUT2D eigenvalue weighted by Crippen LogP contribution is 2.25. The van der Waals surface area contributed by atoms with E-state index in [0.717, 1.165) is 0 Å². The molecule has 0 aromatic heterocycles. The molecule has 0 bridgehead atoms. The van der Waals surface area contributed by atoms with Crippen molar-refractivity contribution in [3.05, 3.63) is 68.2 Å². The number of hydrazone groups is 1. The van der Waals surface area contributed by atoms with Gasteiger partial charge in [-0.05, 0) is 51.8 Å². The molecule has 118 valence electrons. The van der Waals surface area contributed by atoms with Crippen LogP contribution in [0.25, 0.3) is 0 Å². The number of methoxy groups -OCH3 is 1. The SMILES string of the molecule is COc1ccc(C(=O)N/N=C/c2ccc([N+](=O)[O-])cc2)cc1Br. The second-order valence-electron chi connectivity index (χ2n) is 4.40. The van der Waals surface area contributed by atoms with Crippen molar-refractivity contribution in [2.75, 3.05) is 7.11 Å². The Hall–Kier alpha value is -2.74. The molecule has 0 aliphatic carbocycles. The fraction of sp³-hybridized carbons (Fsp3) is 0.0667. The maximum absolute atomic E-state index is 12.0. The Bertz CT molecular complexity index is 760. The molecule has 2 aromatic rings. The number of non-ortho nitro benzene ring substituents is 1. The molecule has 8 heteroatoms. The number of nitrogens with one attached hydrogen (secondary N) is 1. The van der Waals surface area contributed by atoms with Gasteiger partial charge in [-0.15, -0.1) is 0 Å². The van der Waals surface area contributed by atoms with Gasteiger partial charge in [0.15, 0.2) is 0 Å². The summed E-state index contributed by atoms with van der Waals surface area (Å²) in [5.74, 6) is 0.238. The van der Waals surface area contributed by atoms with Crippen LogP contribution >= 0.6 is 15.9 Å². The minimum Gasteiger partial charge on any atom is -0.496 e. The highest BCUT2D eigenvalue weighted by molar-refractivity contribution is 9.10. The van der Waals surface area contributed by atoms with Crippen LogP contribution in [-0.4, -0.2) is 24.2 Å². The molecular formula is C15H12BrN3O4. The number of amides is 1.